The molecule has 0 N–H and O–H groups in total. The van der Waals surface area contributed by atoms with Gasteiger partial charge in [0.1, 0.15) is 0 Å². The van der Waals surface area contributed by atoms with Gasteiger partial charge >= 0.3 is 0 Å². The summed E-state index contributed by atoms with van der Waals surface area (Å²) in [5, 5.41) is 0. The second kappa shape index (κ2) is 2.75. The summed E-state index contributed by atoms with van der Waals surface area (Å²) in [5.41, 5.74) is 0. The second-order valence-electron chi connectivity index (χ2n) is 1.25. The van der Waals surface area contributed by atoms with Crippen LogP contribution < -0.4 is 0 Å². The van der Waals surface area contributed by atoms with E-state index in [1.165, 1.54) is 6.21 Å². The fourth-order valence-electron chi connectivity index (χ4n) is 0.406. The van der Waals surface area contributed by atoms with Gasteiger partial charge in [0.2, 0.25) is 0 Å². The van der Waals surface area contributed by atoms with Crippen LogP contribution in [0.5, 0.6) is 0 Å². The molecule has 0 unspecified atom stereocenters. The molecule has 0 aromatic heterocycles. The highest BCUT2D eigenvalue weighted by molar-refractivity contribution is 6.28. The highest BCUT2D eigenvalue weighted by Gasteiger charge is 2.00. The van der Waals surface area contributed by atoms with Gasteiger partial charge in [0.15, 0.2) is 5.78 Å². The summed E-state index contributed by atoms with van der Waals surface area (Å²) in [6.45, 7) is 0.707. The lowest BCUT2D eigenvalue weighted by atomic mass is 10.4. The van der Waals surface area contributed by atoms with Crippen molar-refractivity contribution in [3.63, 3.8) is 0 Å². The van der Waals surface area contributed by atoms with E-state index < -0.39 is 0 Å². The van der Waals surface area contributed by atoms with Gasteiger partial charge in [0.05, 0.1) is 6.21 Å². The zero-order valence-electron chi connectivity index (χ0n) is 3.76. The minimum absolute atomic E-state index is 0. The molecule has 0 fully saturated rings. The van der Waals surface area contributed by atoms with E-state index in [0.717, 1.165) is 0 Å². The minimum Gasteiger partial charge on any atom is -0.293 e. The van der Waals surface area contributed by atoms with Gasteiger partial charge in [-0.15, -0.1) is 12.4 Å². The Morgan fingerprint density at radius 2 is 2.43 bits per heavy atom. The first kappa shape index (κ1) is 6.63. The maximum Gasteiger partial charge on any atom is 0.175 e. The van der Waals surface area contributed by atoms with Crippen molar-refractivity contribution < 1.29 is 4.79 Å². The molecule has 0 saturated carbocycles. The zero-order chi connectivity index (χ0) is 4.41. The fraction of sp³-hybridized carbons (Fsp3) is 0.500. The van der Waals surface area contributed by atoms with E-state index in [0.29, 0.717) is 13.0 Å². The highest BCUT2D eigenvalue weighted by Crippen LogP contribution is 1.88. The van der Waals surface area contributed by atoms with Crippen LogP contribution in [-0.2, 0) is 4.79 Å². The number of halogens is 1. The van der Waals surface area contributed by atoms with Crippen molar-refractivity contribution in [3.8, 4) is 0 Å². The van der Waals surface area contributed by atoms with Gasteiger partial charge < -0.3 is 0 Å². The van der Waals surface area contributed by atoms with E-state index in [1.807, 2.05) is 0 Å². The van der Waals surface area contributed by atoms with Gasteiger partial charge in [-0.1, -0.05) is 0 Å². The normalized spacial score (nSPS) is 16.9. The zero-order valence-corrected chi connectivity index (χ0v) is 4.57. The lowest BCUT2D eigenvalue weighted by Gasteiger charge is -1.68. The maximum atomic E-state index is 10.1. The van der Waals surface area contributed by atoms with Crippen molar-refractivity contribution in [1.29, 1.82) is 0 Å². The minimum atomic E-state index is 0. The Bertz CT molecular complexity index is 99.9. The SMILES string of the molecule is Cl.O=C1C=NCC1. The van der Waals surface area contributed by atoms with E-state index in [-0.39, 0.29) is 18.2 Å². The first-order chi connectivity index (χ1) is 2.89. The molecule has 0 aliphatic carbocycles. The summed E-state index contributed by atoms with van der Waals surface area (Å²) in [6.07, 6.45) is 2.01. The van der Waals surface area contributed by atoms with Crippen LogP contribution in [0.15, 0.2) is 4.99 Å². The molecule has 3 heteroatoms. The van der Waals surface area contributed by atoms with Crippen LogP contribution in [0.1, 0.15) is 6.42 Å². The van der Waals surface area contributed by atoms with Gasteiger partial charge in [0.25, 0.3) is 0 Å². The van der Waals surface area contributed by atoms with Crippen LogP contribution in [0.4, 0.5) is 0 Å². The summed E-state index contributed by atoms with van der Waals surface area (Å²) in [4.78, 5) is 13.8. The van der Waals surface area contributed by atoms with Crippen molar-refractivity contribution in [2.75, 3.05) is 6.54 Å². The molecule has 1 heterocycles. The Balaban J connectivity index is 0.000000360. The summed E-state index contributed by atoms with van der Waals surface area (Å²) in [5.74, 6) is 0.162. The van der Waals surface area contributed by atoms with Crippen LogP contribution in [0.25, 0.3) is 0 Å². The fourth-order valence-corrected chi connectivity index (χ4v) is 0.406. The number of hydrogen-bond acceptors (Lipinski definition) is 2. The quantitative estimate of drug-likeness (QED) is 0.455. The number of rotatable bonds is 0. The van der Waals surface area contributed by atoms with E-state index in [1.54, 1.807) is 0 Å². The number of ketones is 1. The molecule has 1 aliphatic rings. The van der Waals surface area contributed by atoms with E-state index in [2.05, 4.69) is 4.99 Å². The number of Topliss-reactive ketones (excluding diaryl/α,β-unsaturated/α-hetero) is 1. The van der Waals surface area contributed by atoms with Crippen molar-refractivity contribution >= 4 is 24.4 Å². The van der Waals surface area contributed by atoms with Crippen LogP contribution in [-0.4, -0.2) is 18.5 Å². The second-order valence-corrected chi connectivity index (χ2v) is 1.25. The van der Waals surface area contributed by atoms with Gasteiger partial charge in [-0.25, -0.2) is 0 Å². The molecule has 0 atom stereocenters. The summed E-state index contributed by atoms with van der Waals surface area (Å²) >= 11 is 0. The molecule has 7 heavy (non-hydrogen) atoms. The number of nitrogens with zero attached hydrogens (tertiary/aromatic N) is 1. The van der Waals surface area contributed by atoms with Crippen molar-refractivity contribution in [3.05, 3.63) is 0 Å². The molecule has 0 aromatic rings. The standard InChI is InChI=1S/C4H5NO.ClH/c6-4-1-2-5-3-4;/h3H,1-2H2;1H. The molecule has 0 spiro atoms. The van der Waals surface area contributed by atoms with E-state index in [4.69, 9.17) is 0 Å². The van der Waals surface area contributed by atoms with Crippen LogP contribution in [0, 0.1) is 0 Å². The van der Waals surface area contributed by atoms with Crippen LogP contribution in [0.2, 0.25) is 0 Å². The average molecular weight is 120 g/mol. The first-order valence-electron chi connectivity index (χ1n) is 1.92. The molecule has 1 rings (SSSR count). The smallest absolute Gasteiger partial charge is 0.175 e. The molecule has 0 aromatic carbocycles. The average Bonchev–Trinajstić information content (AvgIpc) is 1.86. The largest absolute Gasteiger partial charge is 0.293 e. The Kier molecular flexibility index (Phi) is 2.60. The molecule has 40 valence electrons. The lowest BCUT2D eigenvalue weighted by Crippen LogP contribution is -1.89. The predicted octanol–water partition coefficient (Wildman–Crippen LogP) is 0.452. The van der Waals surface area contributed by atoms with Crippen molar-refractivity contribution in [1.82, 2.24) is 0 Å². The predicted molar refractivity (Wildman–Crippen MR) is 30.2 cm³/mol. The molecule has 2 nitrogen and oxygen atoms in total. The molecule has 0 bridgehead atoms. The third-order valence-corrected chi connectivity index (χ3v) is 0.723. The van der Waals surface area contributed by atoms with E-state index >= 15 is 0 Å². The topological polar surface area (TPSA) is 29.4 Å². The highest BCUT2D eigenvalue weighted by atomic mass is 35.5. The molecular weight excluding hydrogens is 114 g/mol. The maximum absolute atomic E-state index is 10.1. The molecule has 0 amide bonds. The van der Waals surface area contributed by atoms with E-state index in [9.17, 15) is 4.79 Å². The molecule has 0 saturated heterocycles. The third-order valence-electron chi connectivity index (χ3n) is 0.723. The molecule has 0 radical (unpaired) electrons. The third kappa shape index (κ3) is 1.69. The molecular formula is C4H6ClNO. The summed E-state index contributed by atoms with van der Waals surface area (Å²) in [6, 6.07) is 0. The van der Waals surface area contributed by atoms with Gasteiger partial charge in [-0.2, -0.15) is 0 Å². The number of hydrogen-bond donors (Lipinski definition) is 0. The van der Waals surface area contributed by atoms with Gasteiger partial charge in [0, 0.05) is 13.0 Å². The first-order valence-corrected chi connectivity index (χ1v) is 1.92. The van der Waals surface area contributed by atoms with Gasteiger partial charge in [-0.3, -0.25) is 9.79 Å². The Morgan fingerprint density at radius 1 is 1.71 bits per heavy atom. The van der Waals surface area contributed by atoms with Crippen LogP contribution in [0.3, 0.4) is 0 Å². The van der Waals surface area contributed by atoms with Crippen molar-refractivity contribution in [2.24, 2.45) is 4.99 Å². The number of aliphatic imine (C=N–C) groups is 1. The van der Waals surface area contributed by atoms with Gasteiger partial charge in [-0.05, 0) is 0 Å². The Hall–Kier alpha value is -0.370. The van der Waals surface area contributed by atoms with Crippen LogP contribution >= 0.6 is 12.4 Å². The lowest BCUT2D eigenvalue weighted by molar-refractivity contribution is -0.111. The monoisotopic (exact) mass is 119 g/mol. The van der Waals surface area contributed by atoms with Crippen molar-refractivity contribution in [2.45, 2.75) is 6.42 Å². The molecule has 1 aliphatic heterocycles. The number of carbonyl (C=O) groups is 1. The Morgan fingerprint density at radius 3 is 2.57 bits per heavy atom. The summed E-state index contributed by atoms with van der Waals surface area (Å²) in [7, 11) is 0. The Labute approximate surface area is 48.0 Å². The number of carbonyl (C=O) groups excluding carboxylic acids is 1. The summed E-state index contributed by atoms with van der Waals surface area (Å²) < 4.78 is 0.